The molecule has 1 aliphatic heterocycles. The third-order valence-corrected chi connectivity index (χ3v) is 3.02. The van der Waals surface area contributed by atoms with Gasteiger partial charge in [-0.15, -0.1) is 0 Å². The zero-order valence-corrected chi connectivity index (χ0v) is 10.3. The largest absolute Gasteiger partial charge is 0.373 e. The SMILES string of the molecule is Cc1cc(N2CCOC(CN)C2)cc([N+](=O)[O-])c1. The number of hydrogen-bond acceptors (Lipinski definition) is 5. The van der Waals surface area contributed by atoms with Crippen molar-refractivity contribution in [1.29, 1.82) is 0 Å². The zero-order valence-electron chi connectivity index (χ0n) is 10.3. The van der Waals surface area contributed by atoms with Gasteiger partial charge in [0.15, 0.2) is 0 Å². The van der Waals surface area contributed by atoms with Crippen molar-refractivity contribution in [2.24, 2.45) is 5.73 Å². The van der Waals surface area contributed by atoms with Crippen molar-refractivity contribution < 1.29 is 9.66 Å². The summed E-state index contributed by atoms with van der Waals surface area (Å²) < 4.78 is 5.49. The van der Waals surface area contributed by atoms with Gasteiger partial charge in [0, 0.05) is 37.5 Å². The van der Waals surface area contributed by atoms with Gasteiger partial charge in [-0.05, 0) is 18.6 Å². The Morgan fingerprint density at radius 3 is 3.00 bits per heavy atom. The summed E-state index contributed by atoms with van der Waals surface area (Å²) in [4.78, 5) is 12.6. The van der Waals surface area contributed by atoms with Gasteiger partial charge in [-0.2, -0.15) is 0 Å². The molecule has 1 atom stereocenters. The average molecular weight is 251 g/mol. The standard InChI is InChI=1S/C12H17N3O3/c1-9-4-10(6-11(5-9)15(16)17)14-2-3-18-12(7-13)8-14/h4-6,12H,2-3,7-8,13H2,1H3. The van der Waals surface area contributed by atoms with Gasteiger partial charge in [-0.1, -0.05) is 0 Å². The quantitative estimate of drug-likeness (QED) is 0.642. The Morgan fingerprint density at radius 2 is 2.33 bits per heavy atom. The molecule has 1 saturated heterocycles. The van der Waals surface area contributed by atoms with E-state index in [1.807, 2.05) is 13.0 Å². The first-order valence-corrected chi connectivity index (χ1v) is 5.93. The van der Waals surface area contributed by atoms with E-state index in [1.165, 1.54) is 0 Å². The van der Waals surface area contributed by atoms with Crippen LogP contribution in [0.25, 0.3) is 0 Å². The number of ether oxygens (including phenoxy) is 1. The van der Waals surface area contributed by atoms with Crippen LogP contribution in [0.2, 0.25) is 0 Å². The lowest BCUT2D eigenvalue weighted by Gasteiger charge is -2.34. The fourth-order valence-corrected chi connectivity index (χ4v) is 2.13. The molecule has 1 aliphatic rings. The first-order chi connectivity index (χ1) is 8.60. The van der Waals surface area contributed by atoms with Crippen LogP contribution < -0.4 is 10.6 Å². The normalized spacial score (nSPS) is 19.9. The topological polar surface area (TPSA) is 81.6 Å². The monoisotopic (exact) mass is 251 g/mol. The Labute approximate surface area is 105 Å². The second-order valence-corrected chi connectivity index (χ2v) is 4.46. The Balaban J connectivity index is 2.24. The van der Waals surface area contributed by atoms with Crippen molar-refractivity contribution in [3.63, 3.8) is 0 Å². The molecule has 0 amide bonds. The van der Waals surface area contributed by atoms with Crippen LogP contribution in [0, 0.1) is 17.0 Å². The molecule has 1 aromatic rings. The van der Waals surface area contributed by atoms with Crippen molar-refractivity contribution in [2.75, 3.05) is 31.1 Å². The highest BCUT2D eigenvalue weighted by Gasteiger charge is 2.21. The summed E-state index contributed by atoms with van der Waals surface area (Å²) in [6, 6.07) is 5.13. The number of aryl methyl sites for hydroxylation is 1. The highest BCUT2D eigenvalue weighted by molar-refractivity contribution is 5.56. The number of anilines is 1. The van der Waals surface area contributed by atoms with E-state index in [4.69, 9.17) is 10.5 Å². The number of nitro groups is 1. The molecule has 6 nitrogen and oxygen atoms in total. The molecule has 18 heavy (non-hydrogen) atoms. The molecule has 0 bridgehead atoms. The smallest absolute Gasteiger partial charge is 0.271 e. The summed E-state index contributed by atoms with van der Waals surface area (Å²) in [5, 5.41) is 10.9. The number of morpholine rings is 1. The maximum absolute atomic E-state index is 10.9. The van der Waals surface area contributed by atoms with E-state index in [0.717, 1.165) is 17.8 Å². The Bertz CT molecular complexity index is 450. The van der Waals surface area contributed by atoms with Gasteiger partial charge in [-0.3, -0.25) is 10.1 Å². The van der Waals surface area contributed by atoms with E-state index in [-0.39, 0.29) is 16.7 Å². The predicted octanol–water partition coefficient (Wildman–Crippen LogP) is 1.07. The van der Waals surface area contributed by atoms with Crippen LogP contribution in [0.5, 0.6) is 0 Å². The van der Waals surface area contributed by atoms with Crippen LogP contribution >= 0.6 is 0 Å². The summed E-state index contributed by atoms with van der Waals surface area (Å²) in [5.74, 6) is 0. The minimum absolute atomic E-state index is 0.00156. The van der Waals surface area contributed by atoms with Crippen LogP contribution in [0.15, 0.2) is 18.2 Å². The molecule has 2 rings (SSSR count). The molecule has 1 unspecified atom stereocenters. The van der Waals surface area contributed by atoms with Crippen molar-refractivity contribution in [3.05, 3.63) is 33.9 Å². The molecule has 1 fully saturated rings. The van der Waals surface area contributed by atoms with Crippen LogP contribution in [-0.4, -0.2) is 37.3 Å². The minimum Gasteiger partial charge on any atom is -0.373 e. The summed E-state index contributed by atoms with van der Waals surface area (Å²) >= 11 is 0. The van der Waals surface area contributed by atoms with Gasteiger partial charge in [0.1, 0.15) is 0 Å². The summed E-state index contributed by atoms with van der Waals surface area (Å²) in [7, 11) is 0. The second-order valence-electron chi connectivity index (χ2n) is 4.46. The molecule has 98 valence electrons. The second kappa shape index (κ2) is 5.32. The first-order valence-electron chi connectivity index (χ1n) is 5.93. The Morgan fingerprint density at radius 1 is 1.56 bits per heavy atom. The number of nitrogens with zero attached hydrogens (tertiary/aromatic N) is 2. The van der Waals surface area contributed by atoms with E-state index in [1.54, 1.807) is 12.1 Å². The third kappa shape index (κ3) is 2.77. The highest BCUT2D eigenvalue weighted by atomic mass is 16.6. The van der Waals surface area contributed by atoms with Gasteiger partial charge in [0.05, 0.1) is 17.6 Å². The lowest BCUT2D eigenvalue weighted by atomic mass is 10.1. The Hall–Kier alpha value is -1.66. The molecule has 0 radical (unpaired) electrons. The minimum atomic E-state index is -0.364. The molecule has 0 spiro atoms. The predicted molar refractivity (Wildman–Crippen MR) is 68.8 cm³/mol. The van der Waals surface area contributed by atoms with Crippen molar-refractivity contribution in [3.8, 4) is 0 Å². The average Bonchev–Trinajstić information content (AvgIpc) is 2.38. The zero-order chi connectivity index (χ0) is 13.1. The van der Waals surface area contributed by atoms with Crippen molar-refractivity contribution >= 4 is 11.4 Å². The van der Waals surface area contributed by atoms with Gasteiger partial charge < -0.3 is 15.4 Å². The summed E-state index contributed by atoms with van der Waals surface area (Å²) in [6.45, 7) is 4.33. The molecular weight excluding hydrogens is 234 g/mol. The number of rotatable bonds is 3. The summed E-state index contributed by atoms with van der Waals surface area (Å²) in [5.41, 5.74) is 7.47. The van der Waals surface area contributed by atoms with Crippen LogP contribution in [0.4, 0.5) is 11.4 Å². The number of nitro benzene ring substituents is 1. The number of nitrogens with two attached hydrogens (primary N) is 1. The molecule has 0 aromatic heterocycles. The maximum atomic E-state index is 10.9. The molecule has 2 N–H and O–H groups in total. The number of hydrogen-bond donors (Lipinski definition) is 1. The lowest BCUT2D eigenvalue weighted by Crippen LogP contribution is -2.45. The Kier molecular flexibility index (Phi) is 3.78. The van der Waals surface area contributed by atoms with E-state index in [0.29, 0.717) is 19.7 Å². The van der Waals surface area contributed by atoms with Crippen LogP contribution in [0.3, 0.4) is 0 Å². The van der Waals surface area contributed by atoms with E-state index >= 15 is 0 Å². The number of benzene rings is 1. The van der Waals surface area contributed by atoms with E-state index < -0.39 is 0 Å². The fourth-order valence-electron chi connectivity index (χ4n) is 2.13. The van der Waals surface area contributed by atoms with Gasteiger partial charge in [0.25, 0.3) is 5.69 Å². The molecule has 0 saturated carbocycles. The maximum Gasteiger partial charge on any atom is 0.271 e. The molecule has 1 aromatic carbocycles. The van der Waals surface area contributed by atoms with Crippen molar-refractivity contribution in [2.45, 2.75) is 13.0 Å². The number of non-ortho nitro benzene ring substituents is 1. The fraction of sp³-hybridized carbons (Fsp3) is 0.500. The molecular formula is C12H17N3O3. The summed E-state index contributed by atoms with van der Waals surface area (Å²) in [6.07, 6.45) is -0.00156. The molecule has 1 heterocycles. The van der Waals surface area contributed by atoms with Gasteiger partial charge in [-0.25, -0.2) is 0 Å². The van der Waals surface area contributed by atoms with Gasteiger partial charge in [0.2, 0.25) is 0 Å². The van der Waals surface area contributed by atoms with Crippen LogP contribution in [0.1, 0.15) is 5.56 Å². The van der Waals surface area contributed by atoms with E-state index in [2.05, 4.69) is 4.90 Å². The molecule has 6 heteroatoms. The van der Waals surface area contributed by atoms with Crippen LogP contribution in [-0.2, 0) is 4.74 Å². The first kappa shape index (κ1) is 12.8. The van der Waals surface area contributed by atoms with Crippen molar-refractivity contribution in [1.82, 2.24) is 0 Å². The highest BCUT2D eigenvalue weighted by Crippen LogP contribution is 2.25. The lowest BCUT2D eigenvalue weighted by molar-refractivity contribution is -0.384. The van der Waals surface area contributed by atoms with Gasteiger partial charge >= 0.3 is 0 Å². The third-order valence-electron chi connectivity index (χ3n) is 3.02. The molecule has 0 aliphatic carbocycles. The van der Waals surface area contributed by atoms with E-state index in [9.17, 15) is 10.1 Å².